The van der Waals surface area contributed by atoms with E-state index in [1.54, 1.807) is 6.07 Å². The Morgan fingerprint density at radius 2 is 2.17 bits per heavy atom. The number of rotatable bonds is 4. The smallest absolute Gasteiger partial charge is 0.231 e. The summed E-state index contributed by atoms with van der Waals surface area (Å²) in [6.45, 7) is -2.78. The van der Waals surface area contributed by atoms with Crippen molar-refractivity contribution < 1.29 is 17.8 Å². The summed E-state index contributed by atoms with van der Waals surface area (Å²) in [6, 6.07) is 10.4. The molecule has 0 fully saturated rings. The maximum absolute atomic E-state index is 13.2. The highest BCUT2D eigenvalue weighted by molar-refractivity contribution is 5.63. The predicted octanol–water partition coefficient (Wildman–Crippen LogP) is 3.63. The van der Waals surface area contributed by atoms with E-state index >= 15 is 0 Å². The van der Waals surface area contributed by atoms with Gasteiger partial charge in [0.15, 0.2) is 0 Å². The van der Waals surface area contributed by atoms with Gasteiger partial charge in [0.25, 0.3) is 0 Å². The molecule has 0 aliphatic carbocycles. The topological polar surface area (TPSA) is 71.9 Å². The predicted molar refractivity (Wildman–Crippen MR) is 79.9 cm³/mol. The number of pyridine rings is 1. The van der Waals surface area contributed by atoms with Gasteiger partial charge in [0.05, 0.1) is 5.56 Å². The van der Waals surface area contributed by atoms with Gasteiger partial charge in [-0.15, -0.1) is 0 Å². The molecule has 0 saturated carbocycles. The number of nitriles is 1. The summed E-state index contributed by atoms with van der Waals surface area (Å²) in [4.78, 5) is 3.97. The van der Waals surface area contributed by atoms with Crippen molar-refractivity contribution in [2.45, 2.75) is 13.5 Å². The van der Waals surface area contributed by atoms with Crippen LogP contribution in [0.5, 0.6) is 5.88 Å². The molecule has 114 valence electrons. The quantitative estimate of drug-likeness (QED) is 0.735. The van der Waals surface area contributed by atoms with Gasteiger partial charge >= 0.3 is 0 Å². The molecule has 0 spiro atoms. The molecule has 3 aromatic rings. The van der Waals surface area contributed by atoms with E-state index in [0.29, 0.717) is 5.56 Å². The second-order valence-corrected chi connectivity index (χ2v) is 4.60. The third-order valence-electron chi connectivity index (χ3n) is 3.15. The van der Waals surface area contributed by atoms with E-state index in [1.807, 2.05) is 6.07 Å². The molecule has 0 bridgehead atoms. The number of halogens is 1. The Morgan fingerprint density at radius 1 is 1.35 bits per heavy atom. The summed E-state index contributed by atoms with van der Waals surface area (Å²) in [7, 11) is 0. The molecule has 0 unspecified atom stereocenters. The molecule has 1 aromatic carbocycles. The summed E-state index contributed by atoms with van der Waals surface area (Å²) in [5.41, 5.74) is 1.10. The number of hydrogen-bond donors (Lipinski definition) is 0. The molecule has 0 aliphatic heterocycles. The Bertz CT molecular complexity index is 963. The van der Waals surface area contributed by atoms with E-state index < -0.39 is 12.7 Å². The molecule has 2 aromatic heterocycles. The Kier molecular flexibility index (Phi) is 3.11. The largest absolute Gasteiger partial charge is 0.472 e. The molecular formula is C17H12FN3O2. The number of ether oxygens (including phenoxy) is 1. The zero-order valence-corrected chi connectivity index (χ0v) is 11.8. The lowest BCUT2D eigenvalue weighted by molar-refractivity contribution is 0.289. The van der Waals surface area contributed by atoms with Gasteiger partial charge in [-0.3, -0.25) is 0 Å². The van der Waals surface area contributed by atoms with E-state index in [1.165, 1.54) is 36.5 Å². The van der Waals surface area contributed by atoms with Gasteiger partial charge in [-0.1, -0.05) is 5.16 Å². The highest BCUT2D eigenvalue weighted by Gasteiger charge is 2.16. The van der Waals surface area contributed by atoms with E-state index in [0.717, 1.165) is 0 Å². The van der Waals surface area contributed by atoms with Gasteiger partial charge in [-0.2, -0.15) is 5.26 Å². The zero-order chi connectivity index (χ0) is 18.7. The minimum Gasteiger partial charge on any atom is -0.472 e. The normalized spacial score (nSPS) is 12.8. The van der Waals surface area contributed by atoms with Crippen molar-refractivity contribution >= 4 is 0 Å². The van der Waals surface area contributed by atoms with Crippen LogP contribution in [0.3, 0.4) is 0 Å². The lowest BCUT2D eigenvalue weighted by Gasteiger charge is -2.07. The fourth-order valence-electron chi connectivity index (χ4n) is 2.01. The summed E-state index contributed by atoms with van der Waals surface area (Å²) in [5, 5.41) is 12.9. The third-order valence-corrected chi connectivity index (χ3v) is 3.15. The Balaban J connectivity index is 1.99. The molecule has 2 heterocycles. The van der Waals surface area contributed by atoms with Crippen molar-refractivity contribution in [3.05, 3.63) is 65.3 Å². The number of aryl methyl sites for hydroxylation is 1. The van der Waals surface area contributed by atoms with Crippen LogP contribution in [0.25, 0.3) is 11.3 Å². The molecule has 0 saturated heterocycles. The van der Waals surface area contributed by atoms with Crippen LogP contribution in [-0.2, 0) is 6.61 Å². The average molecular weight is 312 g/mol. The van der Waals surface area contributed by atoms with Gasteiger partial charge in [-0.05, 0) is 43.3 Å². The molecule has 5 nitrogen and oxygen atoms in total. The van der Waals surface area contributed by atoms with E-state index in [2.05, 4.69) is 10.1 Å². The first-order valence-electron chi connectivity index (χ1n) is 8.13. The Morgan fingerprint density at radius 3 is 2.91 bits per heavy atom. The fourth-order valence-corrected chi connectivity index (χ4v) is 2.01. The van der Waals surface area contributed by atoms with Gasteiger partial charge in [0.2, 0.25) is 5.88 Å². The van der Waals surface area contributed by atoms with Crippen molar-refractivity contribution in [3.63, 3.8) is 0 Å². The standard InChI is InChI=1S/C17H12FN3O2/c1-11-15(10-22-17-13(9-19)3-2-8-20-17)16(21-23-11)12-4-6-14(18)7-5-12/h2-8H,10H2,1H3/i1D3. The number of aromatic nitrogens is 2. The number of nitrogens with zero attached hydrogens (tertiary/aromatic N) is 3. The summed E-state index contributed by atoms with van der Waals surface area (Å²) < 4.78 is 46.5. The number of benzene rings is 1. The molecule has 0 amide bonds. The Hall–Kier alpha value is -3.20. The van der Waals surface area contributed by atoms with Crippen LogP contribution in [0.4, 0.5) is 4.39 Å². The van der Waals surface area contributed by atoms with Crippen molar-refractivity contribution in [1.82, 2.24) is 10.1 Å². The maximum Gasteiger partial charge on any atom is 0.231 e. The minimum absolute atomic E-state index is 0.0674. The van der Waals surface area contributed by atoms with Crippen LogP contribution in [0, 0.1) is 24.0 Å². The summed E-state index contributed by atoms with van der Waals surface area (Å²) >= 11 is 0. The molecule has 6 heteroatoms. The summed E-state index contributed by atoms with van der Waals surface area (Å²) in [5.74, 6) is -0.692. The molecular weight excluding hydrogens is 297 g/mol. The third kappa shape index (κ3) is 3.04. The van der Waals surface area contributed by atoms with Crippen LogP contribution < -0.4 is 4.74 Å². The lowest BCUT2D eigenvalue weighted by Crippen LogP contribution is -2.01. The van der Waals surface area contributed by atoms with Crippen molar-refractivity contribution in [2.75, 3.05) is 0 Å². The average Bonchev–Trinajstić information content (AvgIpc) is 3.05. The van der Waals surface area contributed by atoms with Crippen LogP contribution in [0.1, 0.15) is 21.0 Å². The second kappa shape index (κ2) is 6.28. The molecule has 0 atom stereocenters. The van der Waals surface area contributed by atoms with Crippen LogP contribution in [0.2, 0.25) is 0 Å². The zero-order valence-electron chi connectivity index (χ0n) is 14.8. The SMILES string of the molecule is [2H]C([2H])([2H])c1onc(-c2ccc(F)cc2)c1COc1ncccc1C#N. The highest BCUT2D eigenvalue weighted by Crippen LogP contribution is 2.27. The molecule has 0 aliphatic rings. The van der Waals surface area contributed by atoms with E-state index in [-0.39, 0.29) is 35.1 Å². The molecule has 23 heavy (non-hydrogen) atoms. The highest BCUT2D eigenvalue weighted by atomic mass is 19.1. The number of hydrogen-bond acceptors (Lipinski definition) is 5. The van der Waals surface area contributed by atoms with Crippen LogP contribution >= 0.6 is 0 Å². The van der Waals surface area contributed by atoms with E-state index in [4.69, 9.17) is 18.6 Å². The van der Waals surface area contributed by atoms with Gasteiger partial charge in [0, 0.05) is 15.9 Å². The first-order valence-corrected chi connectivity index (χ1v) is 6.63. The monoisotopic (exact) mass is 312 g/mol. The van der Waals surface area contributed by atoms with E-state index in [9.17, 15) is 4.39 Å². The van der Waals surface area contributed by atoms with Gasteiger partial charge < -0.3 is 9.26 Å². The van der Waals surface area contributed by atoms with Crippen molar-refractivity contribution in [3.8, 4) is 23.2 Å². The van der Waals surface area contributed by atoms with Crippen molar-refractivity contribution in [2.24, 2.45) is 0 Å². The molecule has 0 radical (unpaired) electrons. The van der Waals surface area contributed by atoms with Gasteiger partial charge in [-0.25, -0.2) is 9.37 Å². The summed E-state index contributed by atoms with van der Waals surface area (Å²) in [6.07, 6.45) is 1.45. The first-order chi connectivity index (χ1) is 12.4. The second-order valence-electron chi connectivity index (χ2n) is 4.60. The minimum atomic E-state index is -2.55. The van der Waals surface area contributed by atoms with Crippen LogP contribution in [-0.4, -0.2) is 10.1 Å². The molecule has 0 N–H and O–H groups in total. The molecule has 3 rings (SSSR count). The first kappa shape index (κ1) is 11.4. The Labute approximate surface area is 136 Å². The maximum atomic E-state index is 13.2. The van der Waals surface area contributed by atoms with Crippen LogP contribution in [0.15, 0.2) is 47.1 Å². The van der Waals surface area contributed by atoms with Gasteiger partial charge in [0.1, 0.15) is 35.5 Å². The fraction of sp³-hybridized carbons (Fsp3) is 0.118. The lowest BCUT2D eigenvalue weighted by atomic mass is 10.1. The van der Waals surface area contributed by atoms with Crippen molar-refractivity contribution in [1.29, 1.82) is 5.26 Å².